The first kappa shape index (κ1) is 18.8. The fourth-order valence-electron chi connectivity index (χ4n) is 3.72. The van der Waals surface area contributed by atoms with Gasteiger partial charge in [0.05, 0.1) is 0 Å². The highest BCUT2D eigenvalue weighted by atomic mass is 16.5. The van der Waals surface area contributed by atoms with Crippen LogP contribution in [0.4, 0.5) is 5.69 Å². The van der Waals surface area contributed by atoms with Crippen molar-refractivity contribution in [1.82, 2.24) is 4.90 Å². The van der Waals surface area contributed by atoms with Crippen LogP contribution in [0.15, 0.2) is 48.5 Å². The van der Waals surface area contributed by atoms with Crippen molar-refractivity contribution in [1.29, 1.82) is 0 Å². The molecular weight excluding hydrogens is 356 g/mol. The maximum Gasteiger partial charge on any atom is 0.224 e. The quantitative estimate of drug-likeness (QED) is 0.803. The number of rotatable bonds is 6. The van der Waals surface area contributed by atoms with Crippen molar-refractivity contribution >= 4 is 11.6 Å². The van der Waals surface area contributed by atoms with Crippen LogP contribution in [-0.4, -0.2) is 54.4 Å². The monoisotopic (exact) mass is 382 g/mol. The van der Waals surface area contributed by atoms with Gasteiger partial charge in [-0.25, -0.2) is 0 Å². The number of likely N-dealkylation sites (tertiary alicyclic amines) is 1. The molecule has 6 nitrogen and oxygen atoms in total. The number of aliphatic hydroxyl groups excluding tert-OH is 1. The number of nitrogens with one attached hydrogen (secondary N) is 1. The van der Waals surface area contributed by atoms with Crippen molar-refractivity contribution in [3.05, 3.63) is 54.1 Å². The van der Waals surface area contributed by atoms with Crippen LogP contribution in [0.5, 0.6) is 11.5 Å². The molecule has 2 aliphatic rings. The molecule has 2 heterocycles. The Hall–Kier alpha value is -2.57. The van der Waals surface area contributed by atoms with E-state index in [2.05, 4.69) is 10.2 Å². The second-order valence-corrected chi connectivity index (χ2v) is 7.34. The smallest absolute Gasteiger partial charge is 0.224 e. The number of para-hydroxylation sites is 1. The number of carbonyl (C=O) groups excluding carboxylic acids is 1. The van der Waals surface area contributed by atoms with E-state index < -0.39 is 6.10 Å². The largest absolute Gasteiger partial charge is 0.492 e. The predicted molar refractivity (Wildman–Crippen MR) is 107 cm³/mol. The summed E-state index contributed by atoms with van der Waals surface area (Å²) in [4.78, 5) is 13.8. The molecule has 148 valence electrons. The molecule has 1 fully saturated rings. The zero-order valence-electron chi connectivity index (χ0n) is 15.8. The topological polar surface area (TPSA) is 71.0 Å². The molecule has 1 amide bonds. The summed E-state index contributed by atoms with van der Waals surface area (Å²) in [6, 6.07) is 15.5. The number of piperidine rings is 1. The Bertz CT molecular complexity index is 811. The maximum atomic E-state index is 11.6. The van der Waals surface area contributed by atoms with Gasteiger partial charge in [-0.1, -0.05) is 24.3 Å². The Morgan fingerprint density at radius 1 is 1.11 bits per heavy atom. The minimum absolute atomic E-state index is 0.0377. The van der Waals surface area contributed by atoms with E-state index in [9.17, 15) is 9.90 Å². The molecule has 2 aromatic carbocycles. The predicted octanol–water partition coefficient (Wildman–Crippen LogP) is 2.46. The summed E-state index contributed by atoms with van der Waals surface area (Å²) in [5, 5.41) is 13.4. The molecular formula is C22H26N2O4. The second kappa shape index (κ2) is 8.63. The highest BCUT2D eigenvalue weighted by Gasteiger charge is 2.29. The standard InChI is InChI=1S/C22H26N2O4/c25-20-15-24(12-13-27-17-4-2-1-3-5-17)11-10-21(20)28-18-8-6-16-7-9-22(26)23-19(16)14-18/h1-6,8,14,20-21,25H,7,9-13,15H2,(H,23,26)/t20-,21-/m1/s1. The van der Waals surface area contributed by atoms with Crippen molar-refractivity contribution in [2.24, 2.45) is 0 Å². The molecule has 4 rings (SSSR count). The fourth-order valence-corrected chi connectivity index (χ4v) is 3.72. The SMILES string of the molecule is O=C1CCc2ccc(O[C@@H]3CCN(CCOc4ccccc4)C[C@H]3O)cc2N1. The number of amides is 1. The summed E-state index contributed by atoms with van der Waals surface area (Å²) in [5.74, 6) is 1.59. The molecule has 2 N–H and O–H groups in total. The molecule has 0 aromatic heterocycles. The minimum Gasteiger partial charge on any atom is -0.492 e. The third-order valence-corrected chi connectivity index (χ3v) is 5.29. The van der Waals surface area contributed by atoms with E-state index in [1.807, 2.05) is 48.5 Å². The van der Waals surface area contributed by atoms with Crippen molar-refractivity contribution in [3.63, 3.8) is 0 Å². The summed E-state index contributed by atoms with van der Waals surface area (Å²) >= 11 is 0. The molecule has 2 aromatic rings. The van der Waals surface area contributed by atoms with Crippen LogP contribution < -0.4 is 14.8 Å². The van der Waals surface area contributed by atoms with Crippen molar-refractivity contribution in [2.75, 3.05) is 31.6 Å². The molecule has 0 saturated carbocycles. The summed E-state index contributed by atoms with van der Waals surface area (Å²) < 4.78 is 11.8. The van der Waals surface area contributed by atoms with Crippen LogP contribution in [0.2, 0.25) is 0 Å². The number of ether oxygens (including phenoxy) is 2. The summed E-state index contributed by atoms with van der Waals surface area (Å²) in [5.41, 5.74) is 1.94. The Morgan fingerprint density at radius 3 is 2.79 bits per heavy atom. The van der Waals surface area contributed by atoms with Gasteiger partial charge in [-0.05, 0) is 36.6 Å². The molecule has 2 aliphatic heterocycles. The molecule has 0 aliphatic carbocycles. The van der Waals surface area contributed by atoms with Gasteiger partial charge in [0.1, 0.15) is 30.3 Å². The lowest BCUT2D eigenvalue weighted by Crippen LogP contribution is -2.49. The van der Waals surface area contributed by atoms with Crippen molar-refractivity contribution in [2.45, 2.75) is 31.5 Å². The first-order chi connectivity index (χ1) is 13.7. The van der Waals surface area contributed by atoms with Gasteiger partial charge in [0.2, 0.25) is 5.91 Å². The lowest BCUT2D eigenvalue weighted by molar-refractivity contribution is -0.116. The number of fused-ring (bicyclic) bond motifs is 1. The first-order valence-corrected chi connectivity index (χ1v) is 9.85. The van der Waals surface area contributed by atoms with Crippen LogP contribution >= 0.6 is 0 Å². The average Bonchev–Trinajstić information content (AvgIpc) is 2.70. The number of benzene rings is 2. The van der Waals surface area contributed by atoms with E-state index in [-0.39, 0.29) is 12.0 Å². The van der Waals surface area contributed by atoms with E-state index >= 15 is 0 Å². The van der Waals surface area contributed by atoms with Gasteiger partial charge < -0.3 is 19.9 Å². The number of aryl methyl sites for hydroxylation is 1. The van der Waals surface area contributed by atoms with Gasteiger partial charge in [0.15, 0.2) is 0 Å². The fraction of sp³-hybridized carbons (Fsp3) is 0.409. The zero-order chi connectivity index (χ0) is 19.3. The van der Waals surface area contributed by atoms with Gasteiger partial charge in [-0.3, -0.25) is 9.69 Å². The van der Waals surface area contributed by atoms with Gasteiger partial charge in [-0.15, -0.1) is 0 Å². The normalized spacial score (nSPS) is 22.2. The van der Waals surface area contributed by atoms with Crippen LogP contribution in [0.1, 0.15) is 18.4 Å². The Kier molecular flexibility index (Phi) is 5.78. The first-order valence-electron chi connectivity index (χ1n) is 9.85. The van der Waals surface area contributed by atoms with E-state index in [4.69, 9.17) is 9.47 Å². The average molecular weight is 382 g/mol. The van der Waals surface area contributed by atoms with Crippen molar-refractivity contribution in [3.8, 4) is 11.5 Å². The summed E-state index contributed by atoms with van der Waals surface area (Å²) in [7, 11) is 0. The second-order valence-electron chi connectivity index (χ2n) is 7.34. The zero-order valence-corrected chi connectivity index (χ0v) is 15.8. The van der Waals surface area contributed by atoms with Gasteiger partial charge in [0.25, 0.3) is 0 Å². The Balaban J connectivity index is 1.26. The molecule has 6 heteroatoms. The number of hydrogen-bond donors (Lipinski definition) is 2. The van der Waals surface area contributed by atoms with Crippen LogP contribution in [-0.2, 0) is 11.2 Å². The molecule has 0 radical (unpaired) electrons. The molecule has 0 unspecified atom stereocenters. The van der Waals surface area contributed by atoms with E-state index in [1.54, 1.807) is 0 Å². The lowest BCUT2D eigenvalue weighted by Gasteiger charge is -2.36. The van der Waals surface area contributed by atoms with E-state index in [0.29, 0.717) is 25.3 Å². The Labute approximate surface area is 165 Å². The third kappa shape index (κ3) is 4.64. The lowest BCUT2D eigenvalue weighted by atomic mass is 10.0. The van der Waals surface area contributed by atoms with Gasteiger partial charge in [0, 0.05) is 37.8 Å². The van der Waals surface area contributed by atoms with Crippen LogP contribution in [0.3, 0.4) is 0 Å². The molecule has 2 atom stereocenters. The minimum atomic E-state index is -0.559. The molecule has 28 heavy (non-hydrogen) atoms. The highest BCUT2D eigenvalue weighted by molar-refractivity contribution is 5.94. The maximum absolute atomic E-state index is 11.6. The molecule has 0 spiro atoms. The van der Waals surface area contributed by atoms with Gasteiger partial charge >= 0.3 is 0 Å². The molecule has 1 saturated heterocycles. The summed E-state index contributed by atoms with van der Waals surface area (Å²) in [6.07, 6.45) is 1.22. The molecule has 0 bridgehead atoms. The highest BCUT2D eigenvalue weighted by Crippen LogP contribution is 2.29. The number of carbonyl (C=O) groups is 1. The number of aliphatic hydroxyl groups is 1. The van der Waals surface area contributed by atoms with Gasteiger partial charge in [-0.2, -0.15) is 0 Å². The van der Waals surface area contributed by atoms with E-state index in [1.165, 1.54) is 0 Å². The van der Waals surface area contributed by atoms with E-state index in [0.717, 1.165) is 42.9 Å². The Morgan fingerprint density at radius 2 is 1.96 bits per heavy atom. The number of β-amino-alcohol motifs (C(OH)–C–C–N with tert-alkyl or cyclic N) is 1. The van der Waals surface area contributed by atoms with Crippen molar-refractivity contribution < 1.29 is 19.4 Å². The third-order valence-electron chi connectivity index (χ3n) is 5.29. The number of anilines is 1. The number of hydrogen-bond acceptors (Lipinski definition) is 5. The van der Waals surface area contributed by atoms with Crippen LogP contribution in [0, 0.1) is 0 Å². The summed E-state index contributed by atoms with van der Waals surface area (Å²) in [6.45, 7) is 2.77. The number of nitrogens with zero attached hydrogens (tertiary/aromatic N) is 1. The van der Waals surface area contributed by atoms with Crippen LogP contribution in [0.25, 0.3) is 0 Å².